The van der Waals surface area contributed by atoms with Gasteiger partial charge in [-0.1, -0.05) is 6.92 Å². The second kappa shape index (κ2) is 10.5. The minimum absolute atomic E-state index is 0.0705. The first-order valence-corrected chi connectivity index (χ1v) is 11.9. The lowest BCUT2D eigenvalue weighted by Gasteiger charge is -2.35. The van der Waals surface area contributed by atoms with Crippen molar-refractivity contribution >= 4 is 11.9 Å². The Labute approximate surface area is 200 Å². The molecular weight excluding hydrogens is 430 g/mol. The van der Waals surface area contributed by atoms with E-state index in [0.29, 0.717) is 11.6 Å². The van der Waals surface area contributed by atoms with Gasteiger partial charge in [-0.3, -0.25) is 4.79 Å². The standard InChI is InChI=1S/C27H31N3O4/c1-4-21-8-6-7-17-29(21)26(31)20-9-13-22(14-10-20)30-25(18-24(28-30)27(32)34-5-2)19-11-15-23(33-3)16-12-19/h9-16,18,21H,4-8,17H2,1-3H3/t21-/m0/s1. The lowest BCUT2D eigenvalue weighted by molar-refractivity contribution is 0.0518. The lowest BCUT2D eigenvalue weighted by atomic mass is 9.99. The molecule has 1 aliphatic rings. The van der Waals surface area contributed by atoms with Gasteiger partial charge >= 0.3 is 5.97 Å². The number of likely N-dealkylation sites (tertiary alicyclic amines) is 1. The number of benzene rings is 2. The third-order valence-corrected chi connectivity index (χ3v) is 6.30. The average molecular weight is 462 g/mol. The molecule has 1 saturated heterocycles. The fourth-order valence-electron chi connectivity index (χ4n) is 4.45. The van der Waals surface area contributed by atoms with E-state index in [1.807, 2.05) is 53.4 Å². The predicted octanol–water partition coefficient (Wildman–Crippen LogP) is 5.13. The van der Waals surface area contributed by atoms with Crippen LogP contribution in [0.1, 0.15) is 60.4 Å². The van der Waals surface area contributed by atoms with E-state index in [1.54, 1.807) is 24.8 Å². The highest BCUT2D eigenvalue weighted by atomic mass is 16.5. The normalized spacial score (nSPS) is 15.7. The number of carbonyl (C=O) groups is 2. The van der Waals surface area contributed by atoms with Gasteiger partial charge in [-0.15, -0.1) is 0 Å². The lowest BCUT2D eigenvalue weighted by Crippen LogP contribution is -2.43. The van der Waals surface area contributed by atoms with Gasteiger partial charge in [0.15, 0.2) is 5.69 Å². The highest BCUT2D eigenvalue weighted by molar-refractivity contribution is 5.94. The fourth-order valence-corrected chi connectivity index (χ4v) is 4.45. The molecule has 34 heavy (non-hydrogen) atoms. The van der Waals surface area contributed by atoms with Crippen molar-refractivity contribution in [2.45, 2.75) is 45.6 Å². The first-order valence-electron chi connectivity index (χ1n) is 11.9. The Kier molecular flexibility index (Phi) is 7.30. The first-order chi connectivity index (χ1) is 16.5. The Balaban J connectivity index is 1.67. The maximum absolute atomic E-state index is 13.2. The van der Waals surface area contributed by atoms with E-state index in [0.717, 1.165) is 48.5 Å². The zero-order chi connectivity index (χ0) is 24.1. The Morgan fingerprint density at radius 2 is 1.76 bits per heavy atom. The van der Waals surface area contributed by atoms with Crippen LogP contribution in [0.3, 0.4) is 0 Å². The Bertz CT molecular complexity index is 1140. The quantitative estimate of drug-likeness (QED) is 0.456. The number of amides is 1. The van der Waals surface area contributed by atoms with Crippen molar-refractivity contribution in [3.63, 3.8) is 0 Å². The molecule has 4 rings (SSSR count). The van der Waals surface area contributed by atoms with E-state index in [2.05, 4.69) is 12.0 Å². The molecule has 0 unspecified atom stereocenters. The van der Waals surface area contributed by atoms with Gasteiger partial charge < -0.3 is 14.4 Å². The van der Waals surface area contributed by atoms with Crippen molar-refractivity contribution in [1.82, 2.24) is 14.7 Å². The molecular formula is C27H31N3O4. The molecule has 3 aromatic rings. The minimum atomic E-state index is -0.474. The van der Waals surface area contributed by atoms with E-state index < -0.39 is 5.97 Å². The third-order valence-electron chi connectivity index (χ3n) is 6.30. The van der Waals surface area contributed by atoms with E-state index in [9.17, 15) is 9.59 Å². The molecule has 0 bridgehead atoms. The van der Waals surface area contributed by atoms with Crippen molar-refractivity contribution in [2.24, 2.45) is 0 Å². The van der Waals surface area contributed by atoms with Crippen LogP contribution in [0.5, 0.6) is 5.75 Å². The molecule has 0 saturated carbocycles. The molecule has 178 valence electrons. The fraction of sp³-hybridized carbons (Fsp3) is 0.370. The summed E-state index contributed by atoms with van der Waals surface area (Å²) in [6.45, 7) is 4.98. The SMILES string of the molecule is CCOC(=O)c1cc(-c2ccc(OC)cc2)n(-c2ccc(C(=O)N3CCCC[C@@H]3CC)cc2)n1. The summed E-state index contributed by atoms with van der Waals surface area (Å²) >= 11 is 0. The second-order valence-corrected chi connectivity index (χ2v) is 8.38. The monoisotopic (exact) mass is 461 g/mol. The largest absolute Gasteiger partial charge is 0.497 e. The molecule has 7 heteroatoms. The number of rotatable bonds is 7. The van der Waals surface area contributed by atoms with Crippen LogP contribution in [0.2, 0.25) is 0 Å². The summed E-state index contributed by atoms with van der Waals surface area (Å²) in [6, 6.07) is 17.0. The molecule has 1 aliphatic heterocycles. The van der Waals surface area contributed by atoms with Crippen LogP contribution >= 0.6 is 0 Å². The second-order valence-electron chi connectivity index (χ2n) is 8.38. The maximum Gasteiger partial charge on any atom is 0.358 e. The summed E-state index contributed by atoms with van der Waals surface area (Å²) < 4.78 is 12.1. The summed E-state index contributed by atoms with van der Waals surface area (Å²) in [5.41, 5.74) is 3.26. The molecule has 0 N–H and O–H groups in total. The summed E-state index contributed by atoms with van der Waals surface area (Å²) in [5, 5.41) is 4.52. The zero-order valence-corrected chi connectivity index (χ0v) is 20.0. The number of ether oxygens (including phenoxy) is 2. The summed E-state index contributed by atoms with van der Waals surface area (Å²) in [5.74, 6) is 0.339. The van der Waals surface area contributed by atoms with Crippen molar-refractivity contribution < 1.29 is 19.1 Å². The maximum atomic E-state index is 13.2. The van der Waals surface area contributed by atoms with Crippen LogP contribution in [0.25, 0.3) is 16.9 Å². The van der Waals surface area contributed by atoms with Gasteiger partial charge in [0.2, 0.25) is 0 Å². The first kappa shape index (κ1) is 23.5. The highest BCUT2D eigenvalue weighted by Crippen LogP contribution is 2.27. The van der Waals surface area contributed by atoms with Gasteiger partial charge in [0, 0.05) is 23.7 Å². The number of hydrogen-bond donors (Lipinski definition) is 0. The summed E-state index contributed by atoms with van der Waals surface area (Å²) in [6.07, 6.45) is 4.27. The predicted molar refractivity (Wildman–Crippen MR) is 130 cm³/mol. The van der Waals surface area contributed by atoms with Gasteiger partial charge in [-0.2, -0.15) is 5.10 Å². The van der Waals surface area contributed by atoms with Gasteiger partial charge in [0.1, 0.15) is 5.75 Å². The van der Waals surface area contributed by atoms with Crippen molar-refractivity contribution in [2.75, 3.05) is 20.3 Å². The van der Waals surface area contributed by atoms with Crippen LogP contribution in [0.4, 0.5) is 0 Å². The average Bonchev–Trinajstić information content (AvgIpc) is 3.34. The zero-order valence-electron chi connectivity index (χ0n) is 20.0. The van der Waals surface area contributed by atoms with Crippen LogP contribution < -0.4 is 4.74 Å². The van der Waals surface area contributed by atoms with Crippen molar-refractivity contribution in [3.8, 4) is 22.7 Å². The molecule has 1 aromatic heterocycles. The van der Waals surface area contributed by atoms with Gasteiger partial charge in [-0.05, 0) is 87.2 Å². The van der Waals surface area contributed by atoms with E-state index in [1.165, 1.54) is 6.42 Å². The summed E-state index contributed by atoms with van der Waals surface area (Å²) in [4.78, 5) is 27.6. The number of hydrogen-bond acceptors (Lipinski definition) is 5. The third kappa shape index (κ3) is 4.83. The molecule has 2 aromatic carbocycles. The number of esters is 1. The number of methoxy groups -OCH3 is 1. The Morgan fingerprint density at radius 1 is 1.03 bits per heavy atom. The van der Waals surface area contributed by atoms with Crippen LogP contribution in [-0.4, -0.2) is 52.9 Å². The Morgan fingerprint density at radius 3 is 2.41 bits per heavy atom. The molecule has 0 radical (unpaired) electrons. The molecule has 1 amide bonds. The van der Waals surface area contributed by atoms with Crippen molar-refractivity contribution in [3.05, 3.63) is 65.9 Å². The van der Waals surface area contributed by atoms with Gasteiger partial charge in [0.05, 0.1) is 25.1 Å². The van der Waals surface area contributed by atoms with Gasteiger partial charge in [0.25, 0.3) is 5.91 Å². The molecule has 1 atom stereocenters. The molecule has 7 nitrogen and oxygen atoms in total. The van der Waals surface area contributed by atoms with Gasteiger partial charge in [-0.25, -0.2) is 9.48 Å². The van der Waals surface area contributed by atoms with E-state index >= 15 is 0 Å². The Hall–Kier alpha value is -3.61. The number of nitrogens with zero attached hydrogens (tertiary/aromatic N) is 3. The number of aromatic nitrogens is 2. The minimum Gasteiger partial charge on any atom is -0.497 e. The molecule has 0 aliphatic carbocycles. The summed E-state index contributed by atoms with van der Waals surface area (Å²) in [7, 11) is 1.62. The molecule has 2 heterocycles. The topological polar surface area (TPSA) is 73.7 Å². The van der Waals surface area contributed by atoms with Crippen LogP contribution in [0.15, 0.2) is 54.6 Å². The molecule has 1 fully saturated rings. The van der Waals surface area contributed by atoms with Crippen LogP contribution in [0, 0.1) is 0 Å². The van der Waals surface area contributed by atoms with Crippen molar-refractivity contribution in [1.29, 1.82) is 0 Å². The number of piperidine rings is 1. The van der Waals surface area contributed by atoms with Crippen LogP contribution in [-0.2, 0) is 4.74 Å². The van der Waals surface area contributed by atoms with E-state index in [-0.39, 0.29) is 18.2 Å². The smallest absolute Gasteiger partial charge is 0.358 e. The van der Waals surface area contributed by atoms with E-state index in [4.69, 9.17) is 9.47 Å². The molecule has 0 spiro atoms. The number of carbonyl (C=O) groups excluding carboxylic acids is 2. The highest BCUT2D eigenvalue weighted by Gasteiger charge is 2.26.